The van der Waals surface area contributed by atoms with Crippen molar-refractivity contribution < 1.29 is 36.2 Å². The number of urea groups is 1. The Morgan fingerprint density at radius 3 is 2.38 bits per heavy atom. The maximum absolute atomic E-state index is 13.8. The normalized spacial score (nSPS) is 17.6. The number of halogens is 7. The first-order valence-electron chi connectivity index (χ1n) is 10.3. The van der Waals surface area contributed by atoms with E-state index in [-0.39, 0.29) is 23.8 Å². The van der Waals surface area contributed by atoms with Gasteiger partial charge in [0.25, 0.3) is 0 Å². The molecule has 34 heavy (non-hydrogen) atoms. The van der Waals surface area contributed by atoms with Crippen LogP contribution in [0.4, 0.5) is 36.8 Å². The third-order valence-electron chi connectivity index (χ3n) is 5.58. The molecule has 2 aromatic carbocycles. The fraction of sp³-hybridized carbons (Fsp3) is 0.409. The van der Waals surface area contributed by atoms with Crippen LogP contribution in [0.2, 0.25) is 5.02 Å². The van der Waals surface area contributed by atoms with Crippen LogP contribution in [-0.4, -0.2) is 30.4 Å². The summed E-state index contributed by atoms with van der Waals surface area (Å²) in [6, 6.07) is 5.51. The predicted molar refractivity (Wildman–Crippen MR) is 115 cm³/mol. The molecule has 0 saturated carbocycles. The summed E-state index contributed by atoms with van der Waals surface area (Å²) in [5.41, 5.74) is -4.23. The molecule has 0 spiro atoms. The summed E-state index contributed by atoms with van der Waals surface area (Å²) >= 11 is 5.63. The Balaban J connectivity index is 1.84. The summed E-state index contributed by atoms with van der Waals surface area (Å²) in [5, 5.41) is 17.8. The van der Waals surface area contributed by atoms with E-state index in [0.717, 1.165) is 11.1 Å². The lowest BCUT2D eigenvalue weighted by Crippen LogP contribution is -2.48. The molecule has 0 heterocycles. The molecule has 4 N–H and O–H groups in total. The van der Waals surface area contributed by atoms with E-state index in [0.29, 0.717) is 31.5 Å². The number of carbonyl (C=O) groups is 1. The molecule has 0 unspecified atom stereocenters. The Morgan fingerprint density at radius 1 is 1.09 bits per heavy atom. The number of nitrogens with one attached hydrogen (secondary N) is 3. The van der Waals surface area contributed by atoms with Crippen molar-refractivity contribution in [2.24, 2.45) is 0 Å². The van der Waals surface area contributed by atoms with Gasteiger partial charge in [0.15, 0.2) is 0 Å². The van der Waals surface area contributed by atoms with Gasteiger partial charge in [0.2, 0.25) is 5.60 Å². The van der Waals surface area contributed by atoms with Gasteiger partial charge in [-0.3, -0.25) is 0 Å². The van der Waals surface area contributed by atoms with E-state index in [1.54, 1.807) is 19.1 Å². The molecular weight excluding hydrogens is 488 g/mol. The second-order valence-electron chi connectivity index (χ2n) is 7.95. The minimum atomic E-state index is -5.30. The molecule has 2 atom stereocenters. The van der Waals surface area contributed by atoms with Gasteiger partial charge in [-0.15, -0.1) is 0 Å². The van der Waals surface area contributed by atoms with Crippen LogP contribution in [0.15, 0.2) is 36.4 Å². The fourth-order valence-corrected chi connectivity index (χ4v) is 4.07. The number of aliphatic hydroxyl groups is 1. The van der Waals surface area contributed by atoms with Crippen molar-refractivity contribution in [2.45, 2.75) is 43.8 Å². The molecule has 0 radical (unpaired) electrons. The highest BCUT2D eigenvalue weighted by atomic mass is 35.5. The van der Waals surface area contributed by atoms with Gasteiger partial charge >= 0.3 is 18.4 Å². The number of anilines is 1. The van der Waals surface area contributed by atoms with Crippen LogP contribution in [0.5, 0.6) is 0 Å². The molecular formula is C22H22ClF6N3O2. The van der Waals surface area contributed by atoms with E-state index < -0.39 is 40.6 Å². The highest BCUT2D eigenvalue weighted by Crippen LogP contribution is 2.42. The second-order valence-corrected chi connectivity index (χ2v) is 8.38. The van der Waals surface area contributed by atoms with E-state index in [4.69, 9.17) is 11.6 Å². The molecule has 0 fully saturated rings. The van der Waals surface area contributed by atoms with Crippen LogP contribution in [0, 0.1) is 0 Å². The van der Waals surface area contributed by atoms with E-state index in [2.05, 4.69) is 16.0 Å². The van der Waals surface area contributed by atoms with E-state index >= 15 is 0 Å². The number of carbonyl (C=O) groups excluding carboxylic acids is 1. The van der Waals surface area contributed by atoms with Crippen LogP contribution >= 0.6 is 11.6 Å². The largest absolute Gasteiger partial charge is 0.423 e. The van der Waals surface area contributed by atoms with Crippen LogP contribution in [-0.2, 0) is 18.2 Å². The van der Waals surface area contributed by atoms with Crippen molar-refractivity contribution in [3.63, 3.8) is 0 Å². The maximum Gasteiger partial charge on any atom is 0.423 e. The van der Waals surface area contributed by atoms with Crippen molar-refractivity contribution in [3.05, 3.63) is 63.7 Å². The van der Waals surface area contributed by atoms with Crippen LogP contribution in [0.25, 0.3) is 0 Å². The van der Waals surface area contributed by atoms with Gasteiger partial charge in [-0.2, -0.15) is 26.3 Å². The van der Waals surface area contributed by atoms with Gasteiger partial charge in [0.1, 0.15) is 0 Å². The third kappa shape index (κ3) is 5.52. The molecule has 3 rings (SSSR count). The minimum Gasteiger partial charge on any atom is -0.381 e. The highest BCUT2D eigenvalue weighted by Gasteiger charge is 2.55. The number of hydrogen-bond donors (Lipinski definition) is 4. The molecule has 2 aromatic rings. The van der Waals surface area contributed by atoms with Gasteiger partial charge < -0.3 is 21.1 Å². The first-order valence-corrected chi connectivity index (χ1v) is 10.7. The Labute approximate surface area is 196 Å². The number of amides is 2. The van der Waals surface area contributed by atoms with E-state index in [9.17, 15) is 36.2 Å². The summed E-state index contributed by atoms with van der Waals surface area (Å²) in [6.07, 6.45) is -9.08. The van der Waals surface area contributed by atoms with Gasteiger partial charge in [-0.25, -0.2) is 4.79 Å². The molecule has 5 nitrogen and oxygen atoms in total. The Hall–Kier alpha value is -2.66. The molecule has 186 valence electrons. The topological polar surface area (TPSA) is 73.4 Å². The number of fused-ring (bicyclic) bond motifs is 1. The molecule has 1 aliphatic rings. The Bertz CT molecular complexity index is 1060. The van der Waals surface area contributed by atoms with Crippen LogP contribution < -0.4 is 16.0 Å². The maximum atomic E-state index is 13.8. The van der Waals surface area contributed by atoms with Crippen molar-refractivity contribution >= 4 is 23.3 Å². The average molecular weight is 510 g/mol. The Morgan fingerprint density at radius 2 is 1.76 bits per heavy atom. The fourth-order valence-electron chi connectivity index (χ4n) is 3.84. The smallest absolute Gasteiger partial charge is 0.381 e. The van der Waals surface area contributed by atoms with Gasteiger partial charge in [-0.05, 0) is 66.8 Å². The quantitative estimate of drug-likeness (QED) is 0.387. The monoisotopic (exact) mass is 509 g/mol. The van der Waals surface area contributed by atoms with E-state index in [1.165, 1.54) is 6.07 Å². The Kier molecular flexibility index (Phi) is 7.28. The molecule has 0 aromatic heterocycles. The zero-order valence-electron chi connectivity index (χ0n) is 17.9. The van der Waals surface area contributed by atoms with Gasteiger partial charge in [0.05, 0.1) is 18.2 Å². The predicted octanol–water partition coefficient (Wildman–Crippen LogP) is 5.53. The summed E-state index contributed by atoms with van der Waals surface area (Å²) in [7, 11) is 0. The molecule has 1 aliphatic carbocycles. The summed E-state index contributed by atoms with van der Waals surface area (Å²) in [6.45, 7) is 1.08. The standard InChI is InChI=1S/C22H22ClF6N3O2/c1-2-30-19(33)32-18-6-3-12-7-16(4-5-17(12)18)31-11-20(34,22(27,28)29)13-8-14(21(24,25)26)10-15(23)9-13/h4-5,7-10,18,31,34H,2-3,6,11H2,1H3,(H2,30,32,33)/t18-,20-/m0/s1. The van der Waals surface area contributed by atoms with E-state index in [1.807, 2.05) is 0 Å². The average Bonchev–Trinajstić information content (AvgIpc) is 3.12. The number of benzene rings is 2. The molecule has 0 saturated heterocycles. The number of alkyl halides is 6. The second kappa shape index (κ2) is 9.53. The first kappa shape index (κ1) is 26.0. The molecule has 2 amide bonds. The van der Waals surface area contributed by atoms with Crippen molar-refractivity contribution in [1.29, 1.82) is 0 Å². The highest BCUT2D eigenvalue weighted by molar-refractivity contribution is 6.30. The van der Waals surface area contributed by atoms with Crippen LogP contribution in [0.1, 0.15) is 41.6 Å². The van der Waals surface area contributed by atoms with Gasteiger partial charge in [-0.1, -0.05) is 17.7 Å². The van der Waals surface area contributed by atoms with Crippen LogP contribution in [0.3, 0.4) is 0 Å². The zero-order valence-corrected chi connectivity index (χ0v) is 18.6. The van der Waals surface area contributed by atoms with Crippen molar-refractivity contribution in [1.82, 2.24) is 10.6 Å². The molecule has 12 heteroatoms. The third-order valence-corrected chi connectivity index (χ3v) is 5.80. The number of aryl methyl sites for hydroxylation is 1. The zero-order chi connectivity index (χ0) is 25.3. The summed E-state index contributed by atoms with van der Waals surface area (Å²) in [5.74, 6) is 0. The lowest BCUT2D eigenvalue weighted by atomic mass is 9.91. The van der Waals surface area contributed by atoms with Gasteiger partial charge in [0, 0.05) is 17.3 Å². The first-order chi connectivity index (χ1) is 15.7. The number of hydrogen-bond acceptors (Lipinski definition) is 3. The summed E-state index contributed by atoms with van der Waals surface area (Å²) in [4.78, 5) is 11.8. The number of rotatable bonds is 6. The SMILES string of the molecule is CCNC(=O)N[C@H]1CCc2cc(NC[C@](O)(c3cc(Cl)cc(C(F)(F)F)c3)C(F)(F)F)ccc21. The lowest BCUT2D eigenvalue weighted by molar-refractivity contribution is -0.260. The summed E-state index contributed by atoms with van der Waals surface area (Å²) < 4.78 is 80.8. The minimum absolute atomic E-state index is 0.234. The lowest BCUT2D eigenvalue weighted by Gasteiger charge is -2.32. The van der Waals surface area contributed by atoms with Crippen molar-refractivity contribution in [3.8, 4) is 0 Å². The molecule has 0 aliphatic heterocycles. The molecule has 0 bridgehead atoms. The van der Waals surface area contributed by atoms with Crippen molar-refractivity contribution in [2.75, 3.05) is 18.4 Å².